The molecule has 0 N–H and O–H groups in total. The summed E-state index contributed by atoms with van der Waals surface area (Å²) in [6.45, 7) is 1.14. The highest BCUT2D eigenvalue weighted by atomic mass is 127. The number of benzene rings is 1. The van der Waals surface area contributed by atoms with Gasteiger partial charge in [-0.05, 0) is 53.4 Å². The van der Waals surface area contributed by atoms with Gasteiger partial charge in [0.2, 0.25) is 0 Å². The van der Waals surface area contributed by atoms with E-state index in [9.17, 15) is 4.79 Å². The molecule has 0 saturated carbocycles. The lowest BCUT2D eigenvalue weighted by Gasteiger charge is -2.15. The van der Waals surface area contributed by atoms with E-state index >= 15 is 0 Å². The van der Waals surface area contributed by atoms with Crippen molar-refractivity contribution < 1.29 is 4.79 Å². The molecule has 3 nitrogen and oxygen atoms in total. The van der Waals surface area contributed by atoms with Crippen LogP contribution in [0.4, 0.5) is 0 Å². The minimum Gasteiger partial charge on any atom is -0.295 e. The SMILES string of the molecule is CN(CC(=O)c1ccc(I)cc1)Cc1cccnc1. The topological polar surface area (TPSA) is 33.2 Å². The average Bonchev–Trinajstić information content (AvgIpc) is 2.40. The van der Waals surface area contributed by atoms with Gasteiger partial charge < -0.3 is 0 Å². The lowest BCUT2D eigenvalue weighted by molar-refractivity contribution is 0.0943. The van der Waals surface area contributed by atoms with Crippen molar-refractivity contribution in [3.05, 3.63) is 63.5 Å². The number of aromatic nitrogens is 1. The highest BCUT2D eigenvalue weighted by molar-refractivity contribution is 14.1. The fraction of sp³-hybridized carbons (Fsp3) is 0.200. The molecule has 0 amide bonds. The van der Waals surface area contributed by atoms with E-state index in [-0.39, 0.29) is 5.78 Å². The molecule has 0 aliphatic carbocycles. The zero-order valence-electron chi connectivity index (χ0n) is 10.7. The Labute approximate surface area is 126 Å². The van der Waals surface area contributed by atoms with Gasteiger partial charge in [-0.2, -0.15) is 0 Å². The Balaban J connectivity index is 1.93. The molecule has 0 saturated heterocycles. The maximum atomic E-state index is 12.1. The van der Waals surface area contributed by atoms with E-state index in [4.69, 9.17) is 0 Å². The lowest BCUT2D eigenvalue weighted by atomic mass is 10.1. The van der Waals surface area contributed by atoms with Crippen molar-refractivity contribution in [2.24, 2.45) is 0 Å². The Bertz CT molecular complexity index is 540. The van der Waals surface area contributed by atoms with Gasteiger partial charge in [-0.15, -0.1) is 0 Å². The van der Waals surface area contributed by atoms with Crippen LogP contribution >= 0.6 is 22.6 Å². The molecule has 2 aromatic rings. The van der Waals surface area contributed by atoms with Crippen LogP contribution in [0.15, 0.2) is 48.8 Å². The Morgan fingerprint density at radius 1 is 1.26 bits per heavy atom. The molecular formula is C15H15IN2O. The quantitative estimate of drug-likeness (QED) is 0.603. The number of hydrogen-bond acceptors (Lipinski definition) is 3. The molecule has 1 aromatic heterocycles. The zero-order chi connectivity index (χ0) is 13.7. The van der Waals surface area contributed by atoms with Gasteiger partial charge in [0, 0.05) is 28.1 Å². The zero-order valence-corrected chi connectivity index (χ0v) is 12.9. The third-order valence-electron chi connectivity index (χ3n) is 2.76. The van der Waals surface area contributed by atoms with Crippen LogP contribution in [-0.4, -0.2) is 29.3 Å². The van der Waals surface area contributed by atoms with Gasteiger partial charge in [-0.25, -0.2) is 0 Å². The highest BCUT2D eigenvalue weighted by Gasteiger charge is 2.09. The summed E-state index contributed by atoms with van der Waals surface area (Å²) in [6.07, 6.45) is 3.58. The van der Waals surface area contributed by atoms with E-state index in [1.165, 1.54) is 0 Å². The second kappa shape index (κ2) is 6.77. The van der Waals surface area contributed by atoms with Crippen molar-refractivity contribution in [3.63, 3.8) is 0 Å². The molecule has 98 valence electrons. The van der Waals surface area contributed by atoms with Crippen LogP contribution in [0, 0.1) is 3.57 Å². The van der Waals surface area contributed by atoms with Crippen LogP contribution in [-0.2, 0) is 6.54 Å². The Kier molecular flexibility index (Phi) is 5.04. The van der Waals surface area contributed by atoms with Crippen molar-refractivity contribution in [1.82, 2.24) is 9.88 Å². The van der Waals surface area contributed by atoms with Crippen LogP contribution in [0.25, 0.3) is 0 Å². The van der Waals surface area contributed by atoms with E-state index < -0.39 is 0 Å². The number of nitrogens with zero attached hydrogens (tertiary/aromatic N) is 2. The molecule has 4 heteroatoms. The molecule has 1 heterocycles. The number of pyridine rings is 1. The van der Waals surface area contributed by atoms with E-state index in [1.807, 2.05) is 54.5 Å². The maximum absolute atomic E-state index is 12.1. The van der Waals surface area contributed by atoms with Crippen molar-refractivity contribution in [2.45, 2.75) is 6.54 Å². The van der Waals surface area contributed by atoms with Gasteiger partial charge in [-0.1, -0.05) is 18.2 Å². The largest absolute Gasteiger partial charge is 0.295 e. The molecule has 0 radical (unpaired) electrons. The summed E-state index contributed by atoms with van der Waals surface area (Å²) >= 11 is 2.23. The van der Waals surface area contributed by atoms with Crippen LogP contribution in [0.3, 0.4) is 0 Å². The van der Waals surface area contributed by atoms with Crippen LogP contribution in [0.2, 0.25) is 0 Å². The Morgan fingerprint density at radius 2 is 2.00 bits per heavy atom. The normalized spacial score (nSPS) is 10.7. The molecule has 0 aliphatic rings. The summed E-state index contributed by atoms with van der Waals surface area (Å²) in [5.41, 5.74) is 1.87. The number of rotatable bonds is 5. The molecule has 1 aromatic carbocycles. The van der Waals surface area contributed by atoms with Crippen LogP contribution < -0.4 is 0 Å². The van der Waals surface area contributed by atoms with E-state index in [1.54, 1.807) is 6.20 Å². The summed E-state index contributed by atoms with van der Waals surface area (Å²) in [6, 6.07) is 11.6. The molecule has 0 bridgehead atoms. The second-order valence-electron chi connectivity index (χ2n) is 4.46. The second-order valence-corrected chi connectivity index (χ2v) is 5.71. The predicted molar refractivity (Wildman–Crippen MR) is 84.1 cm³/mol. The summed E-state index contributed by atoms with van der Waals surface area (Å²) in [7, 11) is 1.94. The molecule has 0 fully saturated rings. The lowest BCUT2D eigenvalue weighted by Crippen LogP contribution is -2.25. The van der Waals surface area contributed by atoms with Crippen molar-refractivity contribution in [2.75, 3.05) is 13.6 Å². The minimum atomic E-state index is 0.141. The number of halogens is 1. The number of likely N-dealkylation sites (N-methyl/N-ethyl adjacent to an activating group) is 1. The standard InChI is InChI=1S/C15H15IN2O/c1-18(10-12-3-2-8-17-9-12)11-15(19)13-4-6-14(16)7-5-13/h2-9H,10-11H2,1H3. The molecule has 0 spiro atoms. The van der Waals surface area contributed by atoms with Crippen molar-refractivity contribution in [1.29, 1.82) is 0 Å². The minimum absolute atomic E-state index is 0.141. The van der Waals surface area contributed by atoms with Gasteiger partial charge in [-0.3, -0.25) is 14.7 Å². The first kappa shape index (κ1) is 14.1. The van der Waals surface area contributed by atoms with E-state index in [0.29, 0.717) is 6.54 Å². The Morgan fingerprint density at radius 3 is 2.63 bits per heavy atom. The monoisotopic (exact) mass is 366 g/mol. The summed E-state index contributed by atoms with van der Waals surface area (Å²) in [5, 5.41) is 0. The molecule has 0 aliphatic heterocycles. The van der Waals surface area contributed by atoms with Gasteiger partial charge in [0.1, 0.15) is 0 Å². The Hall–Kier alpha value is -1.27. The van der Waals surface area contributed by atoms with E-state index in [2.05, 4.69) is 27.6 Å². The highest BCUT2D eigenvalue weighted by Crippen LogP contribution is 2.08. The van der Waals surface area contributed by atoms with Crippen molar-refractivity contribution in [3.8, 4) is 0 Å². The molecule has 0 atom stereocenters. The fourth-order valence-corrected chi connectivity index (χ4v) is 2.19. The maximum Gasteiger partial charge on any atom is 0.176 e. The summed E-state index contributed by atoms with van der Waals surface area (Å²) in [4.78, 5) is 18.2. The smallest absolute Gasteiger partial charge is 0.176 e. The predicted octanol–water partition coefficient (Wildman–Crippen LogP) is 3.00. The van der Waals surface area contributed by atoms with Gasteiger partial charge in [0.05, 0.1) is 6.54 Å². The summed E-state index contributed by atoms with van der Waals surface area (Å²) < 4.78 is 1.14. The van der Waals surface area contributed by atoms with Gasteiger partial charge in [0.15, 0.2) is 5.78 Å². The number of hydrogen-bond donors (Lipinski definition) is 0. The summed E-state index contributed by atoms with van der Waals surface area (Å²) in [5.74, 6) is 0.141. The van der Waals surface area contributed by atoms with E-state index in [0.717, 1.165) is 21.2 Å². The average molecular weight is 366 g/mol. The molecule has 19 heavy (non-hydrogen) atoms. The number of carbonyl (C=O) groups is 1. The first-order valence-corrected chi connectivity index (χ1v) is 7.09. The van der Waals surface area contributed by atoms with Crippen LogP contribution in [0.1, 0.15) is 15.9 Å². The van der Waals surface area contributed by atoms with Gasteiger partial charge >= 0.3 is 0 Å². The number of carbonyl (C=O) groups excluding carboxylic acids is 1. The molecular weight excluding hydrogens is 351 g/mol. The third-order valence-corrected chi connectivity index (χ3v) is 3.47. The third kappa shape index (κ3) is 4.40. The van der Waals surface area contributed by atoms with Gasteiger partial charge in [0.25, 0.3) is 0 Å². The first-order chi connectivity index (χ1) is 9.15. The fourth-order valence-electron chi connectivity index (χ4n) is 1.83. The first-order valence-electron chi connectivity index (χ1n) is 6.01. The molecule has 0 unspecified atom stereocenters. The number of Topliss-reactive ketones (excluding diaryl/α,β-unsaturated/α-hetero) is 1. The number of ketones is 1. The van der Waals surface area contributed by atoms with Crippen molar-refractivity contribution >= 4 is 28.4 Å². The molecule has 2 rings (SSSR count). The van der Waals surface area contributed by atoms with Crippen LogP contribution in [0.5, 0.6) is 0 Å².